The number of ether oxygens (including phenoxy) is 2. The van der Waals surface area contributed by atoms with Crippen LogP contribution in [0.2, 0.25) is 0 Å². The number of benzene rings is 2. The summed E-state index contributed by atoms with van der Waals surface area (Å²) >= 11 is 4.18. The summed E-state index contributed by atoms with van der Waals surface area (Å²) in [6, 6.07) is 13.9. The zero-order chi connectivity index (χ0) is 47.4. The molecule has 22 heteroatoms. The van der Waals surface area contributed by atoms with Gasteiger partial charge in [0.25, 0.3) is 22.5 Å². The van der Waals surface area contributed by atoms with Crippen LogP contribution in [0.1, 0.15) is 66.2 Å². The molecule has 0 radical (unpaired) electrons. The van der Waals surface area contributed by atoms with Crippen molar-refractivity contribution in [2.45, 2.75) is 52.0 Å². The van der Waals surface area contributed by atoms with Crippen molar-refractivity contribution in [3.63, 3.8) is 0 Å². The second-order valence-electron chi connectivity index (χ2n) is 14.9. The molecule has 2 aromatic carbocycles. The van der Waals surface area contributed by atoms with Gasteiger partial charge < -0.3 is 24.5 Å². The highest BCUT2D eigenvalue weighted by Crippen LogP contribution is 2.34. The lowest BCUT2D eigenvalue weighted by Gasteiger charge is -2.10. The summed E-state index contributed by atoms with van der Waals surface area (Å²) in [4.78, 5) is 71.3. The molecular weight excluding hydrogens is 929 g/mol. The van der Waals surface area contributed by atoms with Gasteiger partial charge in [0.2, 0.25) is 18.2 Å². The number of amides is 4. The number of aromatic nitrogens is 8. The molecule has 6 aromatic heterocycles. The fraction of sp³-hybridized carbons (Fsp3) is 0.217. The number of aryl methyl sites for hydroxylation is 1. The molecule has 4 amide bonds. The fourth-order valence-electron chi connectivity index (χ4n) is 6.73. The molecule has 68 heavy (non-hydrogen) atoms. The van der Waals surface area contributed by atoms with Crippen molar-refractivity contribution in [3.8, 4) is 55.2 Å². The summed E-state index contributed by atoms with van der Waals surface area (Å²) in [6.07, 6.45) is 11.6. The molecule has 0 unspecified atom stereocenters. The summed E-state index contributed by atoms with van der Waals surface area (Å²) in [7, 11) is 2.96. The van der Waals surface area contributed by atoms with E-state index in [0.29, 0.717) is 94.0 Å². The number of unbranched alkanes of at least 4 members (excludes halogenated alkanes) is 2. The average molecular weight is 972 g/mol. The van der Waals surface area contributed by atoms with Crippen LogP contribution >= 0.6 is 34.0 Å². The predicted molar refractivity (Wildman–Crippen MR) is 258 cm³/mol. The van der Waals surface area contributed by atoms with Crippen LogP contribution in [0.4, 0.5) is 22.5 Å². The van der Waals surface area contributed by atoms with Crippen LogP contribution in [0.25, 0.3) is 43.7 Å². The summed E-state index contributed by atoms with van der Waals surface area (Å²) in [5.41, 5.74) is 7.60. The molecule has 8 rings (SSSR count). The largest absolute Gasteiger partial charge is 0.496 e. The zero-order valence-corrected chi connectivity index (χ0v) is 39.3. The van der Waals surface area contributed by atoms with E-state index < -0.39 is 5.91 Å². The third-order valence-electron chi connectivity index (χ3n) is 10.1. The summed E-state index contributed by atoms with van der Waals surface area (Å²) < 4.78 is 17.8. The Morgan fingerprint density at radius 1 is 0.662 bits per heavy atom. The monoisotopic (exact) mass is 971 g/mol. The first-order valence-corrected chi connectivity index (χ1v) is 23.8. The fourth-order valence-corrected chi connectivity index (χ4v) is 9.00. The number of thiophene rings is 2. The number of hydrogen-bond donors (Lipinski definition) is 4. The maximum Gasteiger partial charge on any atom is 0.322 e. The molecule has 0 bridgehead atoms. The first-order valence-electron chi connectivity index (χ1n) is 21.2. The standard InChI is InChI=1S/C46H42N12O7S3/c1-4-5-8-41(59)50-29-17-39(66-23-29)35-21-48-20-34(53-35)28-11-13-32(38(16-28)64-3)44(62)55-46-57-58(26-68-46)14-7-6-9-42(60)51-30-18-40(67-24-30)36-22-47-19-33(52-36)27-10-12-31(37(15-27)63-2)43(61)54-45-56-49-25-65-45/h10-13,15-26H,4-9,14H2,1-3H3,(H3-,50,51,54,55,56,57,59,60,61,62)/p+1. The molecule has 0 aliphatic rings. The first kappa shape index (κ1) is 46.7. The van der Waals surface area contributed by atoms with Crippen LogP contribution in [0.3, 0.4) is 0 Å². The van der Waals surface area contributed by atoms with Gasteiger partial charge in [0, 0.05) is 46.2 Å². The summed E-state index contributed by atoms with van der Waals surface area (Å²) in [5, 5.41) is 27.2. The summed E-state index contributed by atoms with van der Waals surface area (Å²) in [6.45, 7) is 2.60. The molecule has 8 aromatic rings. The molecule has 0 aliphatic heterocycles. The average Bonchev–Trinajstić information content (AvgIpc) is 4.22. The van der Waals surface area contributed by atoms with Crippen LogP contribution in [0.15, 0.2) is 100 Å². The lowest BCUT2D eigenvalue weighted by atomic mass is 10.1. The molecular formula is C46H43N12O7S3+. The minimum absolute atomic E-state index is 0.0156. The zero-order valence-electron chi connectivity index (χ0n) is 36.8. The van der Waals surface area contributed by atoms with Crippen molar-refractivity contribution < 1.29 is 37.8 Å². The van der Waals surface area contributed by atoms with Gasteiger partial charge in [-0.2, -0.15) is 0 Å². The van der Waals surface area contributed by atoms with Gasteiger partial charge in [-0.15, -0.1) is 27.8 Å². The first-order chi connectivity index (χ1) is 33.2. The second kappa shape index (κ2) is 22.1. The van der Waals surface area contributed by atoms with Gasteiger partial charge in [0.15, 0.2) is 6.54 Å². The van der Waals surface area contributed by atoms with Crippen molar-refractivity contribution in [1.29, 1.82) is 0 Å². The molecule has 0 saturated carbocycles. The van der Waals surface area contributed by atoms with Gasteiger partial charge in [0.1, 0.15) is 11.5 Å². The highest BCUT2D eigenvalue weighted by molar-refractivity contribution is 7.14. The number of carbonyl (C=O) groups is 4. The Bertz CT molecular complexity index is 3060. The van der Waals surface area contributed by atoms with E-state index in [2.05, 4.69) is 46.5 Å². The van der Waals surface area contributed by atoms with Gasteiger partial charge in [0.05, 0.1) is 94.0 Å². The maximum absolute atomic E-state index is 13.4. The minimum atomic E-state index is -0.476. The van der Waals surface area contributed by atoms with Gasteiger partial charge in [-0.3, -0.25) is 39.8 Å². The number of nitrogens with one attached hydrogen (secondary N) is 4. The van der Waals surface area contributed by atoms with E-state index in [1.54, 1.807) is 65.9 Å². The molecule has 0 aliphatic carbocycles. The Labute approximate surface area is 401 Å². The van der Waals surface area contributed by atoms with Crippen LogP contribution in [-0.2, 0) is 16.1 Å². The van der Waals surface area contributed by atoms with E-state index >= 15 is 0 Å². The van der Waals surface area contributed by atoms with E-state index in [9.17, 15) is 19.2 Å². The number of hydrogen-bond acceptors (Lipinski definition) is 17. The third-order valence-corrected chi connectivity index (χ3v) is 12.8. The van der Waals surface area contributed by atoms with Crippen LogP contribution < -0.4 is 35.4 Å². The quantitative estimate of drug-likeness (QED) is 0.0413. The van der Waals surface area contributed by atoms with Crippen LogP contribution in [0.5, 0.6) is 11.5 Å². The number of rotatable bonds is 20. The molecule has 6 heterocycles. The Hall–Kier alpha value is -7.82. The SMILES string of the molecule is CCCCC(=O)Nc1csc(-c2cncc(-c3ccc(C(=O)Nc4n[n+](CCCCC(=O)Nc5csc(-c6cncc(-c7ccc(C(=O)Nc8nnco8)c(OC)c7)n6)c5)cs4)c(OC)c3)n2)c1. The summed E-state index contributed by atoms with van der Waals surface area (Å²) in [5.74, 6) is -0.320. The Morgan fingerprint density at radius 3 is 1.76 bits per heavy atom. The molecule has 4 N–H and O–H groups in total. The normalized spacial score (nSPS) is 10.9. The van der Waals surface area contributed by atoms with E-state index in [4.69, 9.17) is 23.9 Å². The minimum Gasteiger partial charge on any atom is -0.496 e. The topological polar surface area (TPSA) is 242 Å². The molecule has 346 valence electrons. The molecule has 19 nitrogen and oxygen atoms in total. The van der Waals surface area contributed by atoms with E-state index in [1.807, 2.05) is 35.3 Å². The molecule has 0 fully saturated rings. The van der Waals surface area contributed by atoms with Crippen molar-refractivity contribution >= 4 is 80.2 Å². The Kier molecular flexibility index (Phi) is 15.2. The Morgan fingerprint density at radius 2 is 1.22 bits per heavy atom. The molecule has 0 atom stereocenters. The third kappa shape index (κ3) is 11.8. The van der Waals surface area contributed by atoms with Gasteiger partial charge >= 0.3 is 6.01 Å². The van der Waals surface area contributed by atoms with Crippen LogP contribution in [-0.4, -0.2) is 73.1 Å². The molecule has 0 saturated heterocycles. The van der Waals surface area contributed by atoms with Gasteiger partial charge in [-0.05, 0) is 60.6 Å². The maximum atomic E-state index is 13.4. The second-order valence-corrected chi connectivity index (χ2v) is 17.6. The van der Waals surface area contributed by atoms with Crippen molar-refractivity contribution in [2.24, 2.45) is 0 Å². The van der Waals surface area contributed by atoms with Gasteiger partial charge in [-0.1, -0.05) is 35.3 Å². The molecule has 0 spiro atoms. The smallest absolute Gasteiger partial charge is 0.322 e. The van der Waals surface area contributed by atoms with E-state index in [0.717, 1.165) is 34.7 Å². The highest BCUT2D eigenvalue weighted by Gasteiger charge is 2.20. The van der Waals surface area contributed by atoms with Crippen molar-refractivity contribution in [1.82, 2.24) is 35.2 Å². The van der Waals surface area contributed by atoms with Gasteiger partial charge in [-0.25, -0.2) is 9.97 Å². The van der Waals surface area contributed by atoms with E-state index in [1.165, 1.54) is 48.2 Å². The number of carbonyl (C=O) groups excluding carboxylic acids is 4. The lowest BCUT2D eigenvalue weighted by Crippen LogP contribution is -2.35. The van der Waals surface area contributed by atoms with Crippen molar-refractivity contribution in [3.05, 3.63) is 107 Å². The number of nitrogens with zero attached hydrogens (tertiary/aromatic N) is 8. The number of methoxy groups -OCH3 is 2. The Balaban J connectivity index is 0.798. The highest BCUT2D eigenvalue weighted by atomic mass is 32.1. The van der Waals surface area contributed by atoms with Crippen LogP contribution in [0, 0.1) is 0 Å². The number of anilines is 4. The van der Waals surface area contributed by atoms with E-state index in [-0.39, 0.29) is 29.3 Å². The lowest BCUT2D eigenvalue weighted by molar-refractivity contribution is -0.748. The predicted octanol–water partition coefficient (Wildman–Crippen LogP) is 8.64. The van der Waals surface area contributed by atoms with Crippen molar-refractivity contribution in [2.75, 3.05) is 35.5 Å².